The van der Waals surface area contributed by atoms with E-state index < -0.39 is 46.7 Å². The lowest BCUT2D eigenvalue weighted by Gasteiger charge is -2.10. The number of anilines is 1. The Kier molecular flexibility index (Phi) is 5.96. The minimum absolute atomic E-state index is 0.00472. The topological polar surface area (TPSA) is 81.4 Å². The minimum atomic E-state index is -4.49. The molecule has 3 N–H and O–H groups in total. The molecule has 0 saturated carbocycles. The highest BCUT2D eigenvalue weighted by Crippen LogP contribution is 2.25. The molecule has 1 aromatic carbocycles. The molecule has 0 aliphatic rings. The Balaban J connectivity index is 2.64. The number of ether oxygens (including phenoxy) is 1. The first-order valence-corrected chi connectivity index (χ1v) is 7.69. The van der Waals surface area contributed by atoms with E-state index in [4.69, 9.17) is 5.73 Å². The van der Waals surface area contributed by atoms with E-state index in [1.807, 2.05) is 4.72 Å². The molecule has 0 aliphatic heterocycles. The molecule has 0 fully saturated rings. The maximum Gasteiger partial charge on any atom is 0.411 e. The van der Waals surface area contributed by atoms with E-state index in [-0.39, 0.29) is 10.2 Å². The van der Waals surface area contributed by atoms with E-state index in [9.17, 15) is 26.0 Å². The predicted molar refractivity (Wildman–Crippen MR) is 70.6 cm³/mol. The second-order valence-corrected chi connectivity index (χ2v) is 6.46. The molecular weight excluding hydrogens is 384 g/mol. The number of alkyl halides is 3. The van der Waals surface area contributed by atoms with E-state index in [0.29, 0.717) is 0 Å². The molecule has 1 rings (SSSR count). The van der Waals surface area contributed by atoms with Gasteiger partial charge in [-0.3, -0.25) is 0 Å². The summed E-state index contributed by atoms with van der Waals surface area (Å²) in [6, 6.07) is 1.78. The Morgan fingerprint density at radius 3 is 2.52 bits per heavy atom. The van der Waals surface area contributed by atoms with Gasteiger partial charge in [-0.2, -0.15) is 13.2 Å². The van der Waals surface area contributed by atoms with Crippen molar-refractivity contribution in [2.75, 3.05) is 25.5 Å². The van der Waals surface area contributed by atoms with Crippen molar-refractivity contribution in [3.63, 3.8) is 0 Å². The summed E-state index contributed by atoms with van der Waals surface area (Å²) in [4.78, 5) is -0.695. The highest BCUT2D eigenvalue weighted by molar-refractivity contribution is 9.10. The van der Waals surface area contributed by atoms with Crippen molar-refractivity contribution in [2.24, 2.45) is 0 Å². The van der Waals surface area contributed by atoms with Crippen LogP contribution in [-0.4, -0.2) is 34.4 Å². The van der Waals surface area contributed by atoms with Crippen LogP contribution in [0.5, 0.6) is 0 Å². The smallest absolute Gasteiger partial charge is 0.398 e. The van der Waals surface area contributed by atoms with E-state index in [1.54, 1.807) is 0 Å². The van der Waals surface area contributed by atoms with Crippen LogP contribution in [0.4, 0.5) is 23.2 Å². The zero-order chi connectivity index (χ0) is 16.3. The summed E-state index contributed by atoms with van der Waals surface area (Å²) in [6.07, 6.45) is -4.49. The van der Waals surface area contributed by atoms with Crippen LogP contribution in [0, 0.1) is 5.82 Å². The van der Waals surface area contributed by atoms with E-state index in [1.165, 1.54) is 0 Å². The molecule has 11 heteroatoms. The van der Waals surface area contributed by atoms with E-state index in [2.05, 4.69) is 20.7 Å². The van der Waals surface area contributed by atoms with Crippen LogP contribution in [0.15, 0.2) is 21.5 Å². The van der Waals surface area contributed by atoms with Crippen LogP contribution in [0.1, 0.15) is 0 Å². The van der Waals surface area contributed by atoms with E-state index >= 15 is 0 Å². The normalized spacial score (nSPS) is 12.6. The van der Waals surface area contributed by atoms with Gasteiger partial charge in [0.1, 0.15) is 17.3 Å². The molecule has 0 saturated heterocycles. The van der Waals surface area contributed by atoms with Crippen LogP contribution in [-0.2, 0) is 14.8 Å². The number of nitrogen functional groups attached to an aromatic ring is 1. The van der Waals surface area contributed by atoms with Crippen molar-refractivity contribution >= 4 is 31.6 Å². The fraction of sp³-hybridized carbons (Fsp3) is 0.400. The van der Waals surface area contributed by atoms with Crippen LogP contribution in [0.25, 0.3) is 0 Å². The van der Waals surface area contributed by atoms with Gasteiger partial charge in [-0.05, 0) is 28.1 Å². The molecule has 0 radical (unpaired) electrons. The van der Waals surface area contributed by atoms with Crippen LogP contribution >= 0.6 is 15.9 Å². The van der Waals surface area contributed by atoms with Crippen LogP contribution in [0.3, 0.4) is 0 Å². The molecular formula is C10H11BrF4N2O3S. The number of nitrogens with two attached hydrogens (primary N) is 1. The Morgan fingerprint density at radius 2 is 1.95 bits per heavy atom. The molecule has 0 aliphatic carbocycles. The molecule has 0 unspecified atom stereocenters. The van der Waals surface area contributed by atoms with Crippen LogP contribution < -0.4 is 10.5 Å². The first kappa shape index (κ1) is 18.1. The second-order valence-electron chi connectivity index (χ2n) is 3.87. The number of rotatable bonds is 6. The molecule has 0 bridgehead atoms. The highest BCUT2D eigenvalue weighted by Gasteiger charge is 2.27. The van der Waals surface area contributed by atoms with Gasteiger partial charge in [-0.1, -0.05) is 0 Å². The molecule has 5 nitrogen and oxygen atoms in total. The number of hydrogen-bond donors (Lipinski definition) is 2. The number of nitrogens with one attached hydrogen (secondary N) is 1. The fourth-order valence-corrected chi connectivity index (χ4v) is 2.69. The third-order valence-electron chi connectivity index (χ3n) is 2.14. The largest absolute Gasteiger partial charge is 0.411 e. The Hall–Kier alpha value is -0.910. The van der Waals surface area contributed by atoms with Gasteiger partial charge in [0, 0.05) is 16.7 Å². The molecule has 1 aromatic rings. The molecule has 21 heavy (non-hydrogen) atoms. The summed E-state index contributed by atoms with van der Waals surface area (Å²) in [5.74, 6) is -1.04. The SMILES string of the molecule is Nc1cc(S(=O)(=O)NCCOCC(F)(F)F)c(F)cc1Br. The van der Waals surface area contributed by atoms with Crippen molar-refractivity contribution in [3.05, 3.63) is 22.4 Å². The number of benzene rings is 1. The highest BCUT2D eigenvalue weighted by atomic mass is 79.9. The predicted octanol–water partition coefficient (Wildman–Crippen LogP) is 2.03. The Morgan fingerprint density at radius 1 is 1.33 bits per heavy atom. The molecule has 0 atom stereocenters. The van der Waals surface area contributed by atoms with Gasteiger partial charge in [0.2, 0.25) is 10.0 Å². The summed E-state index contributed by atoms with van der Waals surface area (Å²) in [5, 5.41) is 0. The molecule has 0 heterocycles. The van der Waals surface area contributed by atoms with Gasteiger partial charge in [0.15, 0.2) is 0 Å². The van der Waals surface area contributed by atoms with Gasteiger partial charge in [0.05, 0.1) is 6.61 Å². The summed E-state index contributed by atoms with van der Waals surface area (Å²) in [7, 11) is -4.23. The van der Waals surface area contributed by atoms with Gasteiger partial charge in [-0.15, -0.1) is 0 Å². The van der Waals surface area contributed by atoms with Crippen molar-refractivity contribution in [2.45, 2.75) is 11.1 Å². The van der Waals surface area contributed by atoms with Gasteiger partial charge >= 0.3 is 6.18 Å². The lowest BCUT2D eigenvalue weighted by atomic mass is 10.3. The summed E-state index contributed by atoms with van der Waals surface area (Å²) >= 11 is 2.93. The van der Waals surface area contributed by atoms with Gasteiger partial charge < -0.3 is 10.5 Å². The third-order valence-corrected chi connectivity index (χ3v) is 4.31. The number of hydrogen-bond acceptors (Lipinski definition) is 4. The quantitative estimate of drug-likeness (QED) is 0.439. The number of halogens is 5. The van der Waals surface area contributed by atoms with Crippen molar-refractivity contribution in [1.29, 1.82) is 0 Å². The van der Waals surface area contributed by atoms with Crippen molar-refractivity contribution in [3.8, 4) is 0 Å². The fourth-order valence-electron chi connectivity index (χ4n) is 1.26. The monoisotopic (exact) mass is 394 g/mol. The average molecular weight is 395 g/mol. The second kappa shape index (κ2) is 6.90. The van der Waals surface area contributed by atoms with Crippen molar-refractivity contribution < 1.29 is 30.7 Å². The first-order valence-electron chi connectivity index (χ1n) is 5.41. The summed E-state index contributed by atoms with van der Waals surface area (Å²) < 4.78 is 78.8. The minimum Gasteiger partial charge on any atom is -0.398 e. The van der Waals surface area contributed by atoms with Gasteiger partial charge in [0.25, 0.3) is 0 Å². The lowest BCUT2D eigenvalue weighted by Crippen LogP contribution is -2.29. The summed E-state index contributed by atoms with van der Waals surface area (Å²) in [6.45, 7) is -2.44. The van der Waals surface area contributed by atoms with Gasteiger partial charge in [-0.25, -0.2) is 17.5 Å². The molecule has 120 valence electrons. The maximum absolute atomic E-state index is 13.6. The van der Waals surface area contributed by atoms with E-state index in [0.717, 1.165) is 12.1 Å². The van der Waals surface area contributed by atoms with Crippen LogP contribution in [0.2, 0.25) is 0 Å². The number of sulfonamides is 1. The summed E-state index contributed by atoms with van der Waals surface area (Å²) in [5.41, 5.74) is 5.46. The molecule has 0 amide bonds. The Bertz CT molecular complexity index is 607. The maximum atomic E-state index is 13.6. The average Bonchev–Trinajstić information content (AvgIpc) is 2.31. The zero-order valence-corrected chi connectivity index (χ0v) is 12.8. The first-order chi connectivity index (χ1) is 9.53. The third kappa shape index (κ3) is 5.77. The lowest BCUT2D eigenvalue weighted by molar-refractivity contribution is -0.173. The molecule has 0 spiro atoms. The standard InChI is InChI=1S/C10H11BrF4N2O3S/c11-6-3-7(12)9(4-8(6)16)21(18,19)17-1-2-20-5-10(13,14)15/h3-4,17H,1-2,5,16H2. The zero-order valence-electron chi connectivity index (χ0n) is 10.4. The van der Waals surface area contributed by atoms with Crippen molar-refractivity contribution in [1.82, 2.24) is 4.72 Å². The Labute approximate surface area is 126 Å². The molecule has 0 aromatic heterocycles.